The van der Waals surface area contributed by atoms with Crippen LogP contribution >= 0.6 is 11.3 Å². The Morgan fingerprint density at radius 2 is 1.85 bits per heavy atom. The Hall–Kier alpha value is -3.97. The lowest BCUT2D eigenvalue weighted by Gasteiger charge is -2.23. The summed E-state index contributed by atoms with van der Waals surface area (Å²) in [5.41, 5.74) is 3.05. The molecule has 1 aliphatic heterocycles. The van der Waals surface area contributed by atoms with Crippen LogP contribution in [0.4, 0.5) is 5.13 Å². The third-order valence-electron chi connectivity index (χ3n) is 5.96. The fraction of sp³-hybridized carbons (Fsp3) is 0.148. The number of anilines is 1. The molecule has 0 aliphatic carbocycles. The molecule has 1 atom stereocenters. The van der Waals surface area contributed by atoms with Crippen molar-refractivity contribution in [2.75, 3.05) is 12.0 Å². The number of nitrogens with zero attached hydrogens (tertiary/aromatic N) is 2. The van der Waals surface area contributed by atoms with Gasteiger partial charge in [-0.25, -0.2) is 4.98 Å². The van der Waals surface area contributed by atoms with Gasteiger partial charge in [-0.1, -0.05) is 66.8 Å². The Bertz CT molecular complexity index is 1440. The number of hydrogen-bond donors (Lipinski definition) is 1. The molecule has 0 radical (unpaired) electrons. The molecule has 0 unspecified atom stereocenters. The minimum absolute atomic E-state index is 0.0259. The van der Waals surface area contributed by atoms with Gasteiger partial charge in [0.1, 0.15) is 11.5 Å². The number of aliphatic hydroxyl groups is 1. The van der Waals surface area contributed by atoms with Gasteiger partial charge in [0.25, 0.3) is 5.78 Å². The van der Waals surface area contributed by atoms with E-state index in [2.05, 4.69) is 18.0 Å². The van der Waals surface area contributed by atoms with E-state index in [1.165, 1.54) is 16.2 Å². The van der Waals surface area contributed by atoms with E-state index in [9.17, 15) is 14.7 Å². The molecule has 34 heavy (non-hydrogen) atoms. The summed E-state index contributed by atoms with van der Waals surface area (Å²) < 4.78 is 6.32. The van der Waals surface area contributed by atoms with Gasteiger partial charge in [0.2, 0.25) is 0 Å². The normalized spacial score (nSPS) is 17.5. The maximum Gasteiger partial charge on any atom is 0.301 e. The van der Waals surface area contributed by atoms with Crippen molar-refractivity contribution < 1.29 is 19.4 Å². The highest BCUT2D eigenvalue weighted by atomic mass is 32.1. The molecule has 0 saturated carbocycles. The van der Waals surface area contributed by atoms with Gasteiger partial charge in [0.05, 0.1) is 28.9 Å². The number of rotatable bonds is 5. The summed E-state index contributed by atoms with van der Waals surface area (Å²) in [4.78, 5) is 32.7. The zero-order valence-corrected chi connectivity index (χ0v) is 19.5. The summed E-state index contributed by atoms with van der Waals surface area (Å²) in [6.45, 7) is 2.08. The number of carbonyl (C=O) groups is 2. The van der Waals surface area contributed by atoms with Crippen molar-refractivity contribution >= 4 is 44.1 Å². The summed E-state index contributed by atoms with van der Waals surface area (Å²) >= 11 is 1.35. The number of aliphatic hydroxyl groups excluding tert-OH is 1. The highest BCUT2D eigenvalue weighted by Gasteiger charge is 2.48. The van der Waals surface area contributed by atoms with Crippen LogP contribution in [0, 0.1) is 0 Å². The molecule has 1 aliphatic rings. The number of carbonyl (C=O) groups excluding carboxylic acids is 2. The lowest BCUT2D eigenvalue weighted by atomic mass is 9.95. The summed E-state index contributed by atoms with van der Waals surface area (Å²) in [5.74, 6) is -1.11. The van der Waals surface area contributed by atoms with E-state index in [0.29, 0.717) is 22.0 Å². The largest absolute Gasteiger partial charge is 0.507 e. The molecule has 1 fully saturated rings. The number of ether oxygens (including phenoxy) is 1. The predicted octanol–water partition coefficient (Wildman–Crippen LogP) is 5.49. The number of hydrogen-bond acceptors (Lipinski definition) is 6. The Balaban J connectivity index is 1.73. The molecule has 0 bridgehead atoms. The molecule has 1 saturated heterocycles. The minimum Gasteiger partial charge on any atom is -0.507 e. The maximum absolute atomic E-state index is 13.4. The number of aromatic nitrogens is 1. The molecule has 1 aromatic heterocycles. The van der Waals surface area contributed by atoms with Crippen LogP contribution in [0.3, 0.4) is 0 Å². The van der Waals surface area contributed by atoms with E-state index >= 15 is 0 Å². The molecule has 1 amide bonds. The first-order chi connectivity index (χ1) is 16.5. The van der Waals surface area contributed by atoms with Crippen molar-refractivity contribution in [2.24, 2.45) is 0 Å². The number of Topliss-reactive ketones (excluding diaryl/α,β-unsaturated/α-hetero) is 1. The third-order valence-corrected chi connectivity index (χ3v) is 6.97. The molecule has 4 aromatic rings. The second-order valence-electron chi connectivity index (χ2n) is 7.96. The van der Waals surface area contributed by atoms with Crippen molar-refractivity contribution in [1.29, 1.82) is 0 Å². The minimum atomic E-state index is -0.846. The van der Waals surface area contributed by atoms with Gasteiger partial charge < -0.3 is 9.84 Å². The fourth-order valence-corrected chi connectivity index (χ4v) is 5.24. The number of amides is 1. The van der Waals surface area contributed by atoms with Crippen molar-refractivity contribution in [3.63, 3.8) is 0 Å². The first-order valence-electron chi connectivity index (χ1n) is 10.9. The van der Waals surface area contributed by atoms with Crippen LogP contribution in [-0.2, 0) is 16.0 Å². The number of ketones is 1. The average Bonchev–Trinajstić information content (AvgIpc) is 3.41. The second kappa shape index (κ2) is 8.76. The quantitative estimate of drug-likeness (QED) is 0.237. The second-order valence-corrected chi connectivity index (χ2v) is 8.97. The molecule has 2 heterocycles. The van der Waals surface area contributed by atoms with Gasteiger partial charge in [-0.3, -0.25) is 14.5 Å². The van der Waals surface area contributed by atoms with Gasteiger partial charge in [-0.2, -0.15) is 0 Å². The topological polar surface area (TPSA) is 79.7 Å². The Morgan fingerprint density at radius 3 is 2.59 bits per heavy atom. The van der Waals surface area contributed by atoms with E-state index in [4.69, 9.17) is 4.74 Å². The molecular formula is C27H22N2O4S. The van der Waals surface area contributed by atoms with Gasteiger partial charge in [0.15, 0.2) is 5.13 Å². The van der Waals surface area contributed by atoms with Crippen LogP contribution in [0.25, 0.3) is 16.0 Å². The Labute approximate surface area is 200 Å². The standard InChI is InChI=1S/C27H22N2O4S/c1-3-16-12-13-20-21(14-16)34-27(28-20)29-23(18-10-7-11-19(15-18)33-2)22(25(31)26(29)32)24(30)17-8-5-4-6-9-17/h4-15,23,30H,3H2,1-2H3/b24-22+/t23-/m0/s1. The lowest BCUT2D eigenvalue weighted by Crippen LogP contribution is -2.29. The van der Waals surface area contributed by atoms with E-state index in [1.54, 1.807) is 49.6 Å². The van der Waals surface area contributed by atoms with Crippen LogP contribution in [0.2, 0.25) is 0 Å². The number of fused-ring (bicyclic) bond motifs is 1. The first kappa shape index (κ1) is 21.9. The molecule has 5 rings (SSSR count). The zero-order valence-electron chi connectivity index (χ0n) is 18.7. The highest BCUT2D eigenvalue weighted by molar-refractivity contribution is 7.22. The Morgan fingerprint density at radius 1 is 1.06 bits per heavy atom. The molecule has 170 valence electrons. The zero-order chi connectivity index (χ0) is 23.8. The van der Waals surface area contributed by atoms with Crippen molar-refractivity contribution in [2.45, 2.75) is 19.4 Å². The van der Waals surface area contributed by atoms with Crippen molar-refractivity contribution in [3.8, 4) is 5.75 Å². The SMILES string of the molecule is CCc1ccc2nc(N3C(=O)C(=O)/C(=C(/O)c4ccccc4)[C@@H]3c3cccc(OC)c3)sc2c1. The van der Waals surface area contributed by atoms with E-state index < -0.39 is 17.7 Å². The number of thiazole rings is 1. The van der Waals surface area contributed by atoms with Gasteiger partial charge in [-0.15, -0.1) is 0 Å². The van der Waals surface area contributed by atoms with E-state index in [-0.39, 0.29) is 11.3 Å². The van der Waals surface area contributed by atoms with Crippen LogP contribution in [0.5, 0.6) is 5.75 Å². The van der Waals surface area contributed by atoms with Gasteiger partial charge in [-0.05, 0) is 41.8 Å². The van der Waals surface area contributed by atoms with Crippen molar-refractivity contribution in [1.82, 2.24) is 4.98 Å². The molecule has 0 spiro atoms. The number of aryl methyl sites for hydroxylation is 1. The number of methoxy groups -OCH3 is 1. The average molecular weight is 471 g/mol. The summed E-state index contributed by atoms with van der Waals surface area (Å²) in [7, 11) is 1.55. The van der Waals surface area contributed by atoms with Crippen LogP contribution in [0.1, 0.15) is 29.7 Å². The van der Waals surface area contributed by atoms with Gasteiger partial charge >= 0.3 is 5.91 Å². The molecule has 1 N–H and O–H groups in total. The molecule has 6 nitrogen and oxygen atoms in total. The van der Waals surface area contributed by atoms with Crippen molar-refractivity contribution in [3.05, 3.63) is 95.1 Å². The van der Waals surface area contributed by atoms with E-state index in [0.717, 1.165) is 22.2 Å². The summed E-state index contributed by atoms with van der Waals surface area (Å²) in [6, 6.07) is 21.1. The fourth-order valence-electron chi connectivity index (χ4n) is 4.19. The van der Waals surface area contributed by atoms with Crippen LogP contribution < -0.4 is 9.64 Å². The predicted molar refractivity (Wildman–Crippen MR) is 133 cm³/mol. The highest BCUT2D eigenvalue weighted by Crippen LogP contribution is 2.44. The smallest absolute Gasteiger partial charge is 0.301 e. The lowest BCUT2D eigenvalue weighted by molar-refractivity contribution is -0.132. The molecule has 7 heteroatoms. The van der Waals surface area contributed by atoms with Gasteiger partial charge in [0, 0.05) is 5.56 Å². The summed E-state index contributed by atoms with van der Waals surface area (Å²) in [5, 5.41) is 11.6. The molecular weight excluding hydrogens is 448 g/mol. The number of benzene rings is 3. The summed E-state index contributed by atoms with van der Waals surface area (Å²) in [6.07, 6.45) is 0.884. The van der Waals surface area contributed by atoms with E-state index in [1.807, 2.05) is 24.3 Å². The Kier molecular flexibility index (Phi) is 5.63. The third kappa shape index (κ3) is 3.64. The van der Waals surface area contributed by atoms with Crippen LogP contribution in [0.15, 0.2) is 78.4 Å². The maximum atomic E-state index is 13.4. The molecule has 3 aromatic carbocycles. The monoisotopic (exact) mass is 470 g/mol. The first-order valence-corrected chi connectivity index (χ1v) is 11.7. The van der Waals surface area contributed by atoms with Crippen LogP contribution in [-0.4, -0.2) is 28.9 Å².